The molecule has 0 aromatic carbocycles. The van der Waals surface area contributed by atoms with E-state index in [0.29, 0.717) is 0 Å². The van der Waals surface area contributed by atoms with E-state index in [4.69, 9.17) is 0 Å². The second kappa shape index (κ2) is 3.19. The predicted octanol–water partition coefficient (Wildman–Crippen LogP) is 1.14. The molecule has 1 aliphatic heterocycles. The van der Waals surface area contributed by atoms with E-state index in [9.17, 15) is 0 Å². The Bertz CT molecular complexity index is 198. The molecule has 0 bridgehead atoms. The third kappa shape index (κ3) is 1.47. The fourth-order valence-corrected chi connectivity index (χ4v) is 1.82. The first-order chi connectivity index (χ1) is 5.38. The average molecular weight is 141 g/mol. The summed E-state index contributed by atoms with van der Waals surface area (Å²) in [6.07, 6.45) is 10.4. The molecule has 11 heavy (non-hydrogen) atoms. The zero-order valence-corrected chi connectivity index (χ0v) is 7.03. The molecule has 2 aliphatic rings. The van der Waals surface area contributed by atoms with Gasteiger partial charge in [0.05, 0.1) is 0 Å². The fraction of sp³-hybridized carbons (Fsp3) is 0.556. The summed E-state index contributed by atoms with van der Waals surface area (Å²) in [4.78, 5) is 2.55. The van der Waals surface area contributed by atoms with Crippen LogP contribution in [0.25, 0.3) is 0 Å². The Morgan fingerprint density at radius 1 is 1.27 bits per heavy atom. The van der Waals surface area contributed by atoms with Crippen molar-refractivity contribution in [1.29, 1.82) is 0 Å². The van der Waals surface area contributed by atoms with Crippen molar-refractivity contribution in [1.82, 2.24) is 4.90 Å². The van der Waals surface area contributed by atoms with Gasteiger partial charge in [-0.1, -0.05) is 0 Å². The fourth-order valence-electron chi connectivity index (χ4n) is 1.82. The molecule has 2 atom stereocenters. The van der Waals surface area contributed by atoms with Crippen molar-refractivity contribution in [3.63, 3.8) is 0 Å². The van der Waals surface area contributed by atoms with Gasteiger partial charge in [-0.15, -0.1) is 0 Å². The maximum atomic E-state index is 2.55. The first-order valence-corrected chi connectivity index (χ1v) is 4.45. The number of nitrogens with zero attached hydrogens (tertiary/aromatic N) is 1. The first-order valence-electron chi connectivity index (χ1n) is 4.45. The Morgan fingerprint density at radius 3 is 2.64 bits per heavy atom. The normalized spacial score (nSPS) is 37.3. The van der Waals surface area contributed by atoms with Crippen LogP contribution in [0.4, 0.5) is 0 Å². The van der Waals surface area contributed by atoms with Crippen molar-refractivity contribution in [3.05, 3.63) is 24.3 Å². The van der Waals surface area contributed by atoms with Crippen LogP contribution in [0.1, 0.15) is 6.42 Å². The summed E-state index contributed by atoms with van der Waals surface area (Å²) in [5, 5.41) is 0. The summed E-state index contributed by atoms with van der Waals surface area (Å²) in [6, 6.07) is 0.736. The van der Waals surface area contributed by atoms with E-state index in [-0.39, 0.29) is 0 Å². The van der Waals surface area contributed by atoms with E-state index >= 15 is 0 Å². The quantitative estimate of drug-likeness (QED) is 0.391. The predicted molar refractivity (Wildman–Crippen MR) is 47.8 cm³/mol. The summed E-state index contributed by atoms with van der Waals surface area (Å²) >= 11 is 2.29. The Labute approximate surface area is 77.3 Å². The van der Waals surface area contributed by atoms with Gasteiger partial charge in [-0.25, -0.2) is 0 Å². The molecule has 0 radical (unpaired) electrons. The molecule has 0 saturated heterocycles. The van der Waals surface area contributed by atoms with Gasteiger partial charge in [0.25, 0.3) is 0 Å². The minimum atomic E-state index is 0.736. The van der Waals surface area contributed by atoms with Gasteiger partial charge in [0.1, 0.15) is 0 Å². The van der Waals surface area contributed by atoms with Crippen molar-refractivity contribution in [2.75, 3.05) is 13.1 Å². The third-order valence-electron chi connectivity index (χ3n) is 2.66. The molecule has 0 saturated carbocycles. The van der Waals surface area contributed by atoms with Gasteiger partial charge in [-0.05, 0) is 0 Å². The van der Waals surface area contributed by atoms with E-state index in [1.165, 1.54) is 13.0 Å². The molecule has 1 aliphatic carbocycles. The van der Waals surface area contributed by atoms with Crippen LogP contribution in [0.15, 0.2) is 24.3 Å². The molecule has 2 rings (SSSR count). The van der Waals surface area contributed by atoms with E-state index in [0.717, 1.165) is 17.2 Å². The van der Waals surface area contributed by atoms with E-state index in [1.54, 1.807) is 0 Å². The van der Waals surface area contributed by atoms with Crippen LogP contribution in [0.3, 0.4) is 0 Å². The summed E-state index contributed by atoms with van der Waals surface area (Å²) in [7, 11) is 0. The van der Waals surface area contributed by atoms with Crippen molar-refractivity contribution in [3.8, 4) is 0 Å². The maximum absolute atomic E-state index is 2.55. The van der Waals surface area contributed by atoms with Gasteiger partial charge in [-0.2, -0.15) is 0 Å². The second-order valence-electron chi connectivity index (χ2n) is 3.49. The average Bonchev–Trinajstić information content (AvgIpc) is 2.04. The zero-order valence-electron chi connectivity index (χ0n) is 7.03. The summed E-state index contributed by atoms with van der Waals surface area (Å²) in [5.74, 6) is 0. The van der Waals surface area contributed by atoms with Gasteiger partial charge in [-0.3, -0.25) is 0 Å². The number of rotatable bonds is 1. The van der Waals surface area contributed by atoms with Crippen LogP contribution in [0.5, 0.6) is 0 Å². The standard InChI is InChI=1S/C9H12N.Li/c1-2-7-10(8-3-1)9-5-4-6-9;/h1-2,4-6,9H,3,7-8H2;. The topological polar surface area (TPSA) is 3.24 Å². The molecule has 0 N–H and O–H groups in total. The Hall–Kier alpha value is 0.0374. The van der Waals surface area contributed by atoms with Crippen LogP contribution in [0.2, 0.25) is 4.59 Å². The zero-order chi connectivity index (χ0) is 7.68. The summed E-state index contributed by atoms with van der Waals surface area (Å²) in [6.45, 7) is 2.40. The Morgan fingerprint density at radius 2 is 2.18 bits per heavy atom. The van der Waals surface area contributed by atoms with Gasteiger partial charge in [0.15, 0.2) is 0 Å². The molecule has 1 heterocycles. The Kier molecular flexibility index (Phi) is 2.22. The first kappa shape index (κ1) is 7.67. The second-order valence-corrected chi connectivity index (χ2v) is 3.49. The molecule has 0 aromatic rings. The van der Waals surface area contributed by atoms with Crippen molar-refractivity contribution in [2.45, 2.75) is 17.1 Å². The van der Waals surface area contributed by atoms with E-state index in [1.807, 2.05) is 0 Å². The Balaban J connectivity index is 1.95. The van der Waals surface area contributed by atoms with E-state index in [2.05, 4.69) is 46.9 Å². The van der Waals surface area contributed by atoms with Crippen LogP contribution < -0.4 is 0 Å². The monoisotopic (exact) mass is 141 g/mol. The van der Waals surface area contributed by atoms with Crippen LogP contribution in [0, 0.1) is 0 Å². The molecule has 0 amide bonds. The van der Waals surface area contributed by atoms with Crippen molar-refractivity contribution < 1.29 is 0 Å². The van der Waals surface area contributed by atoms with E-state index < -0.39 is 0 Å². The molecule has 2 unspecified atom stereocenters. The SMILES string of the molecule is [Li][CH]1C=CC1N1CC=CCC1. The molecule has 0 aromatic heterocycles. The van der Waals surface area contributed by atoms with Gasteiger partial charge >= 0.3 is 77.1 Å². The molecule has 54 valence electrons. The summed E-state index contributed by atoms with van der Waals surface area (Å²) in [5.41, 5.74) is 0. The van der Waals surface area contributed by atoms with Crippen molar-refractivity contribution >= 4 is 17.7 Å². The van der Waals surface area contributed by atoms with Crippen LogP contribution in [-0.2, 0) is 0 Å². The number of hydrogen-bond acceptors (Lipinski definition) is 1. The molecular formula is C9H12LiN. The molecular weight excluding hydrogens is 129 g/mol. The summed E-state index contributed by atoms with van der Waals surface area (Å²) < 4.78 is 0.779. The molecule has 1 nitrogen and oxygen atoms in total. The van der Waals surface area contributed by atoms with Crippen molar-refractivity contribution in [2.24, 2.45) is 0 Å². The van der Waals surface area contributed by atoms with Crippen LogP contribution in [-0.4, -0.2) is 41.7 Å². The van der Waals surface area contributed by atoms with Gasteiger partial charge in [0, 0.05) is 0 Å². The van der Waals surface area contributed by atoms with Gasteiger partial charge in [0.2, 0.25) is 0 Å². The van der Waals surface area contributed by atoms with Gasteiger partial charge < -0.3 is 0 Å². The van der Waals surface area contributed by atoms with Crippen LogP contribution >= 0.6 is 0 Å². The molecule has 0 spiro atoms. The third-order valence-corrected chi connectivity index (χ3v) is 2.66. The molecule has 2 heteroatoms. The number of hydrogen-bond donors (Lipinski definition) is 0. The minimum absolute atomic E-state index is 0.736. The molecule has 0 fully saturated rings.